The fourth-order valence-corrected chi connectivity index (χ4v) is 3.37. The van der Waals surface area contributed by atoms with E-state index in [0.717, 1.165) is 32.1 Å². The Bertz CT molecular complexity index is 386. The first-order chi connectivity index (χ1) is 10.9. The fourth-order valence-electron chi connectivity index (χ4n) is 3.37. The summed E-state index contributed by atoms with van der Waals surface area (Å²) in [7, 11) is 0. The highest BCUT2D eigenvalue weighted by molar-refractivity contribution is 5.77. The van der Waals surface area contributed by atoms with E-state index in [-0.39, 0.29) is 12.2 Å². The van der Waals surface area contributed by atoms with Gasteiger partial charge in [0.15, 0.2) is 6.29 Å². The second-order valence-electron chi connectivity index (χ2n) is 7.16. The van der Waals surface area contributed by atoms with E-state index in [0.29, 0.717) is 24.4 Å². The Kier molecular flexibility index (Phi) is 8.67. The lowest BCUT2D eigenvalue weighted by Gasteiger charge is -2.42. The SMILES string of the molecule is CCCC(CCC)N(C(=O)CC(C)C)C1NC=C(CC)C(C)N1. The zero-order valence-corrected chi connectivity index (χ0v) is 16.0. The average Bonchev–Trinajstić information content (AvgIpc) is 2.47. The monoisotopic (exact) mass is 323 g/mol. The Morgan fingerprint density at radius 1 is 1.22 bits per heavy atom. The van der Waals surface area contributed by atoms with Crippen LogP contribution in [0.3, 0.4) is 0 Å². The average molecular weight is 324 g/mol. The quantitative estimate of drug-likeness (QED) is 0.674. The molecule has 23 heavy (non-hydrogen) atoms. The van der Waals surface area contributed by atoms with Crippen LogP contribution in [0.15, 0.2) is 11.8 Å². The van der Waals surface area contributed by atoms with Gasteiger partial charge in [0.05, 0.1) is 0 Å². The second kappa shape index (κ2) is 9.96. The van der Waals surface area contributed by atoms with Crippen molar-refractivity contribution in [2.75, 3.05) is 0 Å². The summed E-state index contributed by atoms with van der Waals surface area (Å²) in [6, 6.07) is 0.620. The molecular formula is C19H37N3O. The van der Waals surface area contributed by atoms with Crippen molar-refractivity contribution in [3.63, 3.8) is 0 Å². The number of nitrogens with one attached hydrogen (secondary N) is 2. The highest BCUT2D eigenvalue weighted by atomic mass is 16.2. The molecule has 2 N–H and O–H groups in total. The first kappa shape index (κ1) is 20.0. The molecule has 0 spiro atoms. The molecule has 1 aliphatic heterocycles. The van der Waals surface area contributed by atoms with Crippen molar-refractivity contribution in [2.45, 2.75) is 98.4 Å². The normalized spacial score (nSPS) is 21.3. The van der Waals surface area contributed by atoms with E-state index in [2.05, 4.69) is 63.3 Å². The number of carbonyl (C=O) groups excluding carboxylic acids is 1. The van der Waals surface area contributed by atoms with E-state index in [1.807, 2.05) is 0 Å². The van der Waals surface area contributed by atoms with Crippen molar-refractivity contribution in [3.05, 3.63) is 11.8 Å². The third-order valence-corrected chi connectivity index (χ3v) is 4.59. The van der Waals surface area contributed by atoms with Crippen LogP contribution in [0.2, 0.25) is 0 Å². The van der Waals surface area contributed by atoms with Crippen LogP contribution in [0.1, 0.15) is 80.1 Å². The van der Waals surface area contributed by atoms with Gasteiger partial charge in [-0.15, -0.1) is 0 Å². The van der Waals surface area contributed by atoms with Gasteiger partial charge in [0.25, 0.3) is 0 Å². The molecule has 0 saturated heterocycles. The summed E-state index contributed by atoms with van der Waals surface area (Å²) < 4.78 is 0. The van der Waals surface area contributed by atoms with Gasteiger partial charge in [-0.25, -0.2) is 0 Å². The summed E-state index contributed by atoms with van der Waals surface area (Å²) in [5, 5.41) is 7.03. The molecule has 1 heterocycles. The maximum atomic E-state index is 12.9. The van der Waals surface area contributed by atoms with Crippen LogP contribution >= 0.6 is 0 Å². The van der Waals surface area contributed by atoms with Crippen molar-refractivity contribution in [3.8, 4) is 0 Å². The minimum Gasteiger partial charge on any atom is -0.359 e. The molecule has 0 saturated carbocycles. The summed E-state index contributed by atoms with van der Waals surface area (Å²) in [6.45, 7) is 13.0. The first-order valence-corrected chi connectivity index (χ1v) is 9.46. The number of hydrogen-bond donors (Lipinski definition) is 2. The molecule has 0 aromatic rings. The van der Waals surface area contributed by atoms with Crippen LogP contribution in [0.25, 0.3) is 0 Å². The zero-order valence-electron chi connectivity index (χ0n) is 16.0. The summed E-state index contributed by atoms with van der Waals surface area (Å²) in [6.07, 6.45) is 8.00. The van der Waals surface area contributed by atoms with Gasteiger partial charge >= 0.3 is 0 Å². The lowest BCUT2D eigenvalue weighted by Crippen LogP contribution is -2.63. The molecule has 0 bridgehead atoms. The van der Waals surface area contributed by atoms with Crippen molar-refractivity contribution in [2.24, 2.45) is 5.92 Å². The van der Waals surface area contributed by atoms with E-state index in [1.54, 1.807) is 0 Å². The van der Waals surface area contributed by atoms with Crippen LogP contribution in [-0.2, 0) is 4.79 Å². The fraction of sp³-hybridized carbons (Fsp3) is 0.842. The van der Waals surface area contributed by atoms with Crippen LogP contribution < -0.4 is 10.6 Å². The van der Waals surface area contributed by atoms with Crippen molar-refractivity contribution in [1.82, 2.24) is 15.5 Å². The molecule has 4 nitrogen and oxygen atoms in total. The number of hydrogen-bond acceptors (Lipinski definition) is 3. The van der Waals surface area contributed by atoms with Gasteiger partial charge in [-0.05, 0) is 43.9 Å². The molecule has 1 aliphatic rings. The van der Waals surface area contributed by atoms with Crippen LogP contribution in [-0.4, -0.2) is 29.2 Å². The molecule has 1 amide bonds. The van der Waals surface area contributed by atoms with Crippen molar-refractivity contribution >= 4 is 5.91 Å². The van der Waals surface area contributed by atoms with Crippen LogP contribution in [0, 0.1) is 5.92 Å². The third-order valence-electron chi connectivity index (χ3n) is 4.59. The highest BCUT2D eigenvalue weighted by Crippen LogP contribution is 2.21. The smallest absolute Gasteiger partial charge is 0.225 e. The van der Waals surface area contributed by atoms with E-state index >= 15 is 0 Å². The standard InChI is InChI=1S/C19H37N3O/c1-7-10-17(11-8-2)22(18(23)12-14(4)5)19-20-13-16(9-3)15(6)21-19/h13-15,17,19-21H,7-12H2,1-6H3. The van der Waals surface area contributed by atoms with Gasteiger partial charge in [0.1, 0.15) is 0 Å². The molecule has 0 fully saturated rings. The number of nitrogens with zero attached hydrogens (tertiary/aromatic N) is 1. The van der Waals surface area contributed by atoms with E-state index in [4.69, 9.17) is 0 Å². The third kappa shape index (κ3) is 5.83. The predicted molar refractivity (Wildman–Crippen MR) is 97.8 cm³/mol. The topological polar surface area (TPSA) is 44.4 Å². The number of carbonyl (C=O) groups is 1. The van der Waals surface area contributed by atoms with Gasteiger partial charge in [-0.3, -0.25) is 10.1 Å². The molecule has 0 radical (unpaired) electrons. The summed E-state index contributed by atoms with van der Waals surface area (Å²) >= 11 is 0. The summed E-state index contributed by atoms with van der Waals surface area (Å²) in [5.74, 6) is 0.647. The molecule has 4 heteroatoms. The maximum absolute atomic E-state index is 12.9. The molecule has 1 rings (SSSR count). The Hall–Kier alpha value is -1.03. The van der Waals surface area contributed by atoms with Gasteiger partial charge < -0.3 is 10.2 Å². The predicted octanol–water partition coefficient (Wildman–Crippen LogP) is 3.99. The van der Waals surface area contributed by atoms with E-state index in [1.165, 1.54) is 5.57 Å². The minimum absolute atomic E-state index is 0.0883. The molecular weight excluding hydrogens is 286 g/mol. The molecule has 134 valence electrons. The largest absolute Gasteiger partial charge is 0.359 e. The highest BCUT2D eigenvalue weighted by Gasteiger charge is 2.32. The first-order valence-electron chi connectivity index (χ1n) is 9.46. The summed E-state index contributed by atoms with van der Waals surface area (Å²) in [4.78, 5) is 15.0. The Balaban J connectivity index is 2.98. The van der Waals surface area contributed by atoms with E-state index < -0.39 is 0 Å². The molecule has 0 aliphatic carbocycles. The van der Waals surface area contributed by atoms with Crippen LogP contribution in [0.4, 0.5) is 0 Å². The lowest BCUT2D eigenvalue weighted by molar-refractivity contribution is -0.139. The van der Waals surface area contributed by atoms with Gasteiger partial charge in [0.2, 0.25) is 5.91 Å². The number of rotatable bonds is 9. The zero-order chi connectivity index (χ0) is 17.4. The minimum atomic E-state index is -0.0883. The molecule has 0 aromatic heterocycles. The van der Waals surface area contributed by atoms with Gasteiger partial charge in [-0.1, -0.05) is 47.5 Å². The Morgan fingerprint density at radius 2 is 1.83 bits per heavy atom. The lowest BCUT2D eigenvalue weighted by atomic mass is 10.0. The summed E-state index contributed by atoms with van der Waals surface area (Å²) in [5.41, 5.74) is 1.36. The Labute approximate surface area is 143 Å². The second-order valence-corrected chi connectivity index (χ2v) is 7.16. The Morgan fingerprint density at radius 3 is 2.26 bits per heavy atom. The number of amides is 1. The van der Waals surface area contributed by atoms with Gasteiger partial charge in [-0.2, -0.15) is 0 Å². The molecule has 2 unspecified atom stereocenters. The maximum Gasteiger partial charge on any atom is 0.225 e. The van der Waals surface area contributed by atoms with Gasteiger partial charge in [0, 0.05) is 18.5 Å². The van der Waals surface area contributed by atoms with E-state index in [9.17, 15) is 4.79 Å². The molecule has 0 aromatic carbocycles. The molecule has 2 atom stereocenters. The van der Waals surface area contributed by atoms with Crippen LogP contribution in [0.5, 0.6) is 0 Å². The van der Waals surface area contributed by atoms with Crippen molar-refractivity contribution in [1.29, 1.82) is 0 Å². The van der Waals surface area contributed by atoms with Crippen molar-refractivity contribution < 1.29 is 4.79 Å².